The van der Waals surface area contributed by atoms with Crippen molar-refractivity contribution in [3.63, 3.8) is 0 Å². The van der Waals surface area contributed by atoms with Gasteiger partial charge in [-0.3, -0.25) is 0 Å². The number of anilines is 18. The number of fused-ring (bicyclic) bond motifs is 24. The molecule has 4 saturated carbocycles. The van der Waals surface area contributed by atoms with Crippen LogP contribution in [0, 0.1) is 24.3 Å². The van der Waals surface area contributed by atoms with Gasteiger partial charge in [-0.15, -0.1) is 0 Å². The zero-order valence-corrected chi connectivity index (χ0v) is 59.3. The summed E-state index contributed by atoms with van der Waals surface area (Å²) in [5.41, 5.74) is 16.4. The molecule has 6 heterocycles. The molecule has 8 bridgehead atoms. The Kier molecular flexibility index (Phi) is 12.6. The van der Waals surface area contributed by atoms with Gasteiger partial charge < -0.3 is 0 Å². The summed E-state index contributed by atoms with van der Waals surface area (Å²) >= 11 is -3.50. The monoisotopic (exact) mass is 1660 g/mol. The summed E-state index contributed by atoms with van der Waals surface area (Å²) in [5.74, 6) is 0.728. The van der Waals surface area contributed by atoms with Crippen molar-refractivity contribution in [2.24, 2.45) is 0 Å². The van der Waals surface area contributed by atoms with Gasteiger partial charge in [0.25, 0.3) is 0 Å². The molecule has 0 radical (unpaired) electrons. The van der Waals surface area contributed by atoms with Gasteiger partial charge in [0.05, 0.1) is 0 Å². The van der Waals surface area contributed by atoms with E-state index in [0.717, 1.165) is 185 Å². The molecular formula is C86H84N10Pt2-4. The molecule has 4 fully saturated rings. The summed E-state index contributed by atoms with van der Waals surface area (Å²) in [6, 6.07) is 73.6. The van der Waals surface area contributed by atoms with E-state index in [4.69, 9.17) is 0 Å². The van der Waals surface area contributed by atoms with Crippen molar-refractivity contribution in [3.05, 3.63) is 216 Å². The zero-order valence-electron chi connectivity index (χ0n) is 66.7. The number of nitrogens with zero attached hydrogens (tertiary/aromatic N) is 10. The molecule has 0 spiro atoms. The van der Waals surface area contributed by atoms with Crippen LogP contribution in [-0.4, -0.2) is 44.5 Å². The van der Waals surface area contributed by atoms with Gasteiger partial charge in [0, 0.05) is 0 Å². The molecule has 98 heavy (non-hydrogen) atoms. The normalized spacial score (nSPS) is 22.0. The third-order valence-electron chi connectivity index (χ3n) is 22.2. The summed E-state index contributed by atoms with van der Waals surface area (Å²) in [6.07, 6.45) is 21.0. The van der Waals surface area contributed by atoms with Crippen molar-refractivity contribution >= 4 is 119 Å². The first-order valence-electron chi connectivity index (χ1n) is 41.5. The van der Waals surface area contributed by atoms with E-state index in [0.29, 0.717) is 84.8 Å². The zero-order chi connectivity index (χ0) is 75.3. The van der Waals surface area contributed by atoms with Crippen LogP contribution in [0.2, 0.25) is 0 Å². The Bertz CT molecular complexity index is 4670. The third kappa shape index (κ3) is 10.3. The number of rotatable bonds is 6. The van der Waals surface area contributed by atoms with Crippen LogP contribution >= 0.6 is 0 Å². The first-order valence-corrected chi connectivity index (χ1v) is 40.1. The Hall–Kier alpha value is -8.16. The topological polar surface area (TPSA) is 32.4 Å². The van der Waals surface area contributed by atoms with E-state index < -0.39 is 63.2 Å². The first kappa shape index (κ1) is 49.4. The molecule has 9 aromatic rings. The second kappa shape index (κ2) is 24.9. The molecule has 10 aliphatic rings. The van der Waals surface area contributed by atoms with Crippen LogP contribution in [-0.2, 0) is 35.3 Å². The van der Waals surface area contributed by atoms with E-state index in [1.54, 1.807) is 0 Å². The van der Waals surface area contributed by atoms with Crippen molar-refractivity contribution in [1.82, 2.24) is 0 Å². The number of benzene rings is 9. The fraction of sp³-hybridized carbons (Fsp3) is 0.326. The second-order valence-electron chi connectivity index (χ2n) is 28.0. The summed E-state index contributed by atoms with van der Waals surface area (Å²) in [7, 11) is 0. The Morgan fingerprint density at radius 2 is 0.469 bits per heavy atom. The summed E-state index contributed by atoms with van der Waals surface area (Å²) in [5, 5.41) is 0. The van der Waals surface area contributed by atoms with Gasteiger partial charge in [0.1, 0.15) is 0 Å². The summed E-state index contributed by atoms with van der Waals surface area (Å²) < 4.78 is 116. The van der Waals surface area contributed by atoms with Crippen LogP contribution in [0.5, 0.6) is 0 Å². The average molecular weight is 1660 g/mol. The Morgan fingerprint density at radius 3 is 0.684 bits per heavy atom. The van der Waals surface area contributed by atoms with Crippen molar-refractivity contribution in [3.8, 4) is 0 Å². The van der Waals surface area contributed by atoms with E-state index in [1.807, 2.05) is 97.1 Å². The third-order valence-corrected chi connectivity index (χ3v) is 28.3. The molecule has 502 valence electrons. The minimum atomic E-state index is -2.68. The average Bonchev–Trinajstić information content (AvgIpc) is 1.56. The molecule has 0 N–H and O–H groups in total. The molecular weight excluding hydrogens is 1560 g/mol. The molecule has 19 rings (SSSR count). The van der Waals surface area contributed by atoms with Crippen molar-refractivity contribution in [2.75, 3.05) is 76.9 Å². The Balaban J connectivity index is 0.885. The van der Waals surface area contributed by atoms with E-state index in [2.05, 4.69) is 126 Å². The van der Waals surface area contributed by atoms with Gasteiger partial charge in [-0.1, -0.05) is 0 Å². The van der Waals surface area contributed by atoms with Gasteiger partial charge in [-0.2, -0.15) is 0 Å². The molecule has 0 aromatic heterocycles. The number of hydrogen-bond acceptors (Lipinski definition) is 10. The predicted octanol–water partition coefficient (Wildman–Crippen LogP) is 20.9. The van der Waals surface area contributed by atoms with Crippen LogP contribution < -0.4 is 49.0 Å². The fourth-order valence-corrected chi connectivity index (χ4v) is 23.5. The van der Waals surface area contributed by atoms with Gasteiger partial charge in [-0.25, -0.2) is 0 Å². The van der Waals surface area contributed by atoms with Crippen molar-refractivity contribution in [1.29, 1.82) is 0 Å². The van der Waals surface area contributed by atoms with Gasteiger partial charge in [-0.05, 0) is 0 Å². The standard InChI is InChI=1S/C86H84N10.2Pt/c1-87-57-91(83-37-21-17-33-79(83)87)71-45-65(61-25-9-5-10-26-61)49-75(53-71)95(76-50-66(62-27-11-6-12-28-62)46-72(54-76)92-58-88(2)80-34-18-22-38-84(80)92)69-41-43-70(44-42-69)96(77-51-67(63-29-13-7-14-30-63)47-73(55-77)93-59-89(3)81-35-19-23-39-85(81)93)78-52-68(64-31-15-8-16-32-64)48-74(56-78)94-60-90(4)82-36-20-24-40-86(82)94;;/h17-24,33-52,61-64H,5-16,25-32H2,1-4H3;;/q-4;;/i1D3,2D3,3D3,4D3;;. The summed E-state index contributed by atoms with van der Waals surface area (Å²) in [4.78, 5) is 18.8. The Labute approximate surface area is 612 Å². The SMILES string of the molecule is [2H]C([2H])([2H])N1[C]2=[Pt]=[C]3N(c4[c-]c(cc(C5CCCCC5)c4)N(c4ccc(N5c6[c-]c(cc(C7CCCCC7)c6)N6[C](=[Pt]=[C]7N(c8[c-]c5cc(C5CCCCC5)c8)c5ccccc5N7C([2H])([2H])[2H])N(C([2H])([2H])[2H])c5ccccc56)cc4)c4[c-]c(cc(C5CCCCC5)c4)N2c2ccccc21)c1ccccc1N3C([2H])([2H])[2H]. The molecule has 10 nitrogen and oxygen atoms in total. The van der Waals surface area contributed by atoms with E-state index in [9.17, 15) is 16.4 Å². The Morgan fingerprint density at radius 1 is 0.265 bits per heavy atom. The minimum absolute atomic E-state index is 0.182. The second-order valence-corrected chi connectivity index (χ2v) is 33.2. The molecule has 0 saturated heterocycles. The molecule has 4 aliphatic carbocycles. The van der Waals surface area contributed by atoms with Crippen LogP contribution in [0.1, 0.15) is 191 Å². The van der Waals surface area contributed by atoms with Gasteiger partial charge >= 0.3 is 616 Å². The van der Waals surface area contributed by atoms with E-state index in [1.165, 1.54) is 19.6 Å². The fourth-order valence-electron chi connectivity index (χ4n) is 17.3. The predicted molar refractivity (Wildman–Crippen MR) is 402 cm³/mol. The van der Waals surface area contributed by atoms with Gasteiger partial charge in [0.15, 0.2) is 0 Å². The van der Waals surface area contributed by atoms with Crippen LogP contribution in [0.15, 0.2) is 170 Å². The number of hydrogen-bond donors (Lipinski definition) is 0. The molecule has 0 atom stereocenters. The van der Waals surface area contributed by atoms with Crippen LogP contribution in [0.25, 0.3) is 0 Å². The molecule has 9 aromatic carbocycles. The van der Waals surface area contributed by atoms with Gasteiger partial charge in [0.2, 0.25) is 0 Å². The quantitative estimate of drug-likeness (QED) is 0.150. The van der Waals surface area contributed by atoms with E-state index >= 15 is 0 Å². The molecule has 6 aliphatic heterocycles. The van der Waals surface area contributed by atoms with Crippen LogP contribution in [0.4, 0.5) is 102 Å². The first-order chi connectivity index (χ1) is 53.1. The maximum atomic E-state index is 9.47. The molecule has 0 amide bonds. The molecule has 12 heteroatoms. The van der Waals surface area contributed by atoms with Crippen molar-refractivity contribution in [2.45, 2.75) is 152 Å². The van der Waals surface area contributed by atoms with Crippen LogP contribution in [0.3, 0.4) is 0 Å². The maximum absolute atomic E-state index is 9.47. The van der Waals surface area contributed by atoms with E-state index in [-0.39, 0.29) is 23.7 Å². The summed E-state index contributed by atoms with van der Waals surface area (Å²) in [6.45, 7) is -10.7. The van der Waals surface area contributed by atoms with Crippen molar-refractivity contribution < 1.29 is 51.7 Å². The molecule has 0 unspecified atom stereocenters. The number of para-hydroxylation sites is 8.